The van der Waals surface area contributed by atoms with Crippen LogP contribution < -0.4 is 5.32 Å². The van der Waals surface area contributed by atoms with Gasteiger partial charge in [0.05, 0.1) is 23.9 Å². The van der Waals surface area contributed by atoms with Gasteiger partial charge in [-0.1, -0.05) is 41.9 Å². The highest BCUT2D eigenvalue weighted by Gasteiger charge is 2.43. The van der Waals surface area contributed by atoms with Gasteiger partial charge >= 0.3 is 6.09 Å². The number of piperazine rings is 1. The number of rotatable bonds is 3. The molecule has 5 rings (SSSR count). The maximum atomic E-state index is 15.0. The monoisotopic (exact) mass is 515 g/mol. The van der Waals surface area contributed by atoms with Crippen molar-refractivity contribution in [2.24, 2.45) is 5.92 Å². The topological polar surface area (TPSA) is 54.0 Å². The molecule has 0 aliphatic carbocycles. The van der Waals surface area contributed by atoms with Gasteiger partial charge in [-0.2, -0.15) is 0 Å². The van der Waals surface area contributed by atoms with E-state index in [4.69, 9.17) is 21.1 Å². The van der Waals surface area contributed by atoms with Crippen LogP contribution in [0.1, 0.15) is 56.9 Å². The maximum Gasteiger partial charge on any atom is 0.410 e. The van der Waals surface area contributed by atoms with Crippen LogP contribution in [0.25, 0.3) is 0 Å². The van der Waals surface area contributed by atoms with Gasteiger partial charge in [-0.25, -0.2) is 9.18 Å². The summed E-state index contributed by atoms with van der Waals surface area (Å²) in [4.78, 5) is 16.5. The highest BCUT2D eigenvalue weighted by atomic mass is 35.5. The molecule has 3 aliphatic heterocycles. The van der Waals surface area contributed by atoms with Crippen LogP contribution in [0.2, 0.25) is 5.02 Å². The van der Waals surface area contributed by atoms with Crippen molar-refractivity contribution in [3.05, 3.63) is 64.4 Å². The van der Waals surface area contributed by atoms with E-state index in [1.807, 2.05) is 45.0 Å². The zero-order chi connectivity index (χ0) is 25.4. The molecule has 6 nitrogen and oxygen atoms in total. The van der Waals surface area contributed by atoms with E-state index in [-0.39, 0.29) is 36.1 Å². The summed E-state index contributed by atoms with van der Waals surface area (Å²) in [5.41, 5.74) is 1.93. The smallest absolute Gasteiger partial charge is 0.410 e. The Hall–Kier alpha value is -2.35. The molecule has 3 heterocycles. The molecule has 3 aliphatic rings. The molecule has 0 aromatic heterocycles. The number of hydrogen-bond donors (Lipinski definition) is 1. The summed E-state index contributed by atoms with van der Waals surface area (Å²) in [6.45, 7) is 9.26. The first-order valence-corrected chi connectivity index (χ1v) is 13.2. The molecule has 2 aromatic carbocycles. The molecule has 194 valence electrons. The summed E-state index contributed by atoms with van der Waals surface area (Å²) in [6.07, 6.45) is 1.44. The molecule has 1 amide bonds. The van der Waals surface area contributed by atoms with Gasteiger partial charge in [0.2, 0.25) is 0 Å². The predicted molar refractivity (Wildman–Crippen MR) is 139 cm³/mol. The first-order chi connectivity index (χ1) is 17.2. The van der Waals surface area contributed by atoms with Gasteiger partial charge < -0.3 is 19.7 Å². The van der Waals surface area contributed by atoms with Crippen LogP contribution in [0.15, 0.2) is 42.5 Å². The number of benzene rings is 2. The zero-order valence-electron chi connectivity index (χ0n) is 21.2. The lowest BCUT2D eigenvalue weighted by molar-refractivity contribution is -0.105. The van der Waals surface area contributed by atoms with E-state index in [2.05, 4.69) is 22.3 Å². The maximum absolute atomic E-state index is 15.0. The Morgan fingerprint density at radius 1 is 1.14 bits per heavy atom. The molecule has 2 saturated heterocycles. The number of anilines is 1. The minimum Gasteiger partial charge on any atom is -0.444 e. The molecule has 2 aromatic rings. The predicted octanol–water partition coefficient (Wildman–Crippen LogP) is 6.03. The second-order valence-electron chi connectivity index (χ2n) is 11.1. The Kier molecular flexibility index (Phi) is 7.16. The molecule has 0 radical (unpaired) electrons. The number of hydrogen-bond acceptors (Lipinski definition) is 5. The van der Waals surface area contributed by atoms with Crippen LogP contribution in [0.3, 0.4) is 0 Å². The lowest BCUT2D eigenvalue weighted by Crippen LogP contribution is -2.52. The van der Waals surface area contributed by atoms with Gasteiger partial charge in [0.1, 0.15) is 11.4 Å². The van der Waals surface area contributed by atoms with Crippen molar-refractivity contribution >= 4 is 23.4 Å². The van der Waals surface area contributed by atoms with Crippen molar-refractivity contribution in [2.75, 3.05) is 38.0 Å². The van der Waals surface area contributed by atoms with Gasteiger partial charge in [-0.15, -0.1) is 0 Å². The molecular weight excluding hydrogens is 481 g/mol. The second kappa shape index (κ2) is 10.2. The second-order valence-corrected chi connectivity index (χ2v) is 11.5. The van der Waals surface area contributed by atoms with E-state index in [9.17, 15) is 4.79 Å². The summed E-state index contributed by atoms with van der Waals surface area (Å²) >= 11 is 6.26. The van der Waals surface area contributed by atoms with Gasteiger partial charge in [-0.05, 0) is 51.3 Å². The van der Waals surface area contributed by atoms with Crippen LogP contribution in [0.4, 0.5) is 14.9 Å². The van der Waals surface area contributed by atoms with Crippen LogP contribution in [-0.2, 0) is 9.47 Å². The van der Waals surface area contributed by atoms with E-state index >= 15 is 4.39 Å². The highest BCUT2D eigenvalue weighted by Crippen LogP contribution is 2.51. The minimum absolute atomic E-state index is 0.0299. The summed E-state index contributed by atoms with van der Waals surface area (Å²) in [5, 5.41) is 3.85. The number of ether oxygens (including phenoxy) is 2. The first-order valence-electron chi connectivity index (χ1n) is 12.8. The largest absolute Gasteiger partial charge is 0.444 e. The van der Waals surface area contributed by atoms with Crippen LogP contribution >= 0.6 is 11.6 Å². The molecule has 0 unspecified atom stereocenters. The van der Waals surface area contributed by atoms with Crippen LogP contribution in [-0.4, -0.2) is 60.3 Å². The molecule has 0 spiro atoms. The fraction of sp³-hybridized carbons (Fsp3) is 0.536. The Bertz CT molecular complexity index is 1090. The fourth-order valence-corrected chi connectivity index (χ4v) is 5.85. The number of carbonyl (C=O) groups is 1. The number of fused-ring (bicyclic) bond motifs is 3. The van der Waals surface area contributed by atoms with Crippen molar-refractivity contribution in [1.82, 2.24) is 9.80 Å². The van der Waals surface area contributed by atoms with Crippen molar-refractivity contribution in [2.45, 2.75) is 57.5 Å². The number of carbonyl (C=O) groups excluding carboxylic acids is 1. The Morgan fingerprint density at radius 2 is 1.86 bits per heavy atom. The van der Waals surface area contributed by atoms with E-state index in [1.54, 1.807) is 4.90 Å². The third-order valence-electron chi connectivity index (χ3n) is 7.31. The average molecular weight is 516 g/mol. The average Bonchev–Trinajstić information content (AvgIpc) is 2.83. The zero-order valence-corrected chi connectivity index (χ0v) is 21.9. The quantitative estimate of drug-likeness (QED) is 0.540. The minimum atomic E-state index is -0.494. The van der Waals surface area contributed by atoms with E-state index in [0.717, 1.165) is 43.6 Å². The highest BCUT2D eigenvalue weighted by molar-refractivity contribution is 6.30. The molecule has 8 heteroatoms. The molecule has 4 atom stereocenters. The number of halogens is 2. The number of nitrogens with zero attached hydrogens (tertiary/aromatic N) is 2. The summed E-state index contributed by atoms with van der Waals surface area (Å²) < 4.78 is 27.2. The first kappa shape index (κ1) is 25.3. The molecule has 0 bridgehead atoms. The van der Waals surface area contributed by atoms with E-state index in [1.165, 1.54) is 6.07 Å². The Balaban J connectivity index is 1.28. The third kappa shape index (κ3) is 5.48. The van der Waals surface area contributed by atoms with Crippen molar-refractivity contribution in [1.29, 1.82) is 0 Å². The standard InChI is InChI=1S/C28H35ClFN3O3/c1-28(2,3)36-27(34)33-13-11-32(12-14-33)17-20-9-10-21-24(18-7-5-4-6-8-18)31-25-22(26(21)35-20)15-19(29)16-23(25)30/h4-8,15-16,20-21,24,26,31H,9-14,17H2,1-3H3/t20-,21+,24+,26+/m1/s1. The van der Waals surface area contributed by atoms with Crippen molar-refractivity contribution < 1.29 is 18.7 Å². The van der Waals surface area contributed by atoms with E-state index < -0.39 is 5.60 Å². The number of nitrogens with one attached hydrogen (secondary N) is 1. The van der Waals surface area contributed by atoms with Gasteiger partial charge in [0, 0.05) is 49.2 Å². The SMILES string of the molecule is CC(C)(C)OC(=O)N1CCN(C[C@H]2CC[C@@H]3[C@H](O2)c2cc(Cl)cc(F)c2N[C@H]3c2ccccc2)CC1. The molecule has 36 heavy (non-hydrogen) atoms. The van der Waals surface area contributed by atoms with Gasteiger partial charge in [-0.3, -0.25) is 4.90 Å². The lowest BCUT2D eigenvalue weighted by Gasteiger charge is -2.47. The molecule has 1 N–H and O–H groups in total. The fourth-order valence-electron chi connectivity index (χ4n) is 5.64. The summed E-state index contributed by atoms with van der Waals surface area (Å²) in [6, 6.07) is 13.4. The third-order valence-corrected chi connectivity index (χ3v) is 7.53. The Labute approximate surface area is 217 Å². The van der Waals surface area contributed by atoms with Gasteiger partial charge in [0.25, 0.3) is 0 Å². The van der Waals surface area contributed by atoms with Crippen molar-refractivity contribution in [3.63, 3.8) is 0 Å². The van der Waals surface area contributed by atoms with Crippen molar-refractivity contribution in [3.8, 4) is 0 Å². The lowest BCUT2D eigenvalue weighted by atomic mass is 9.76. The molecule has 2 fully saturated rings. The molecular formula is C28H35ClFN3O3. The molecule has 0 saturated carbocycles. The van der Waals surface area contributed by atoms with Gasteiger partial charge in [0.15, 0.2) is 0 Å². The number of amides is 1. The van der Waals surface area contributed by atoms with Crippen LogP contribution in [0.5, 0.6) is 0 Å². The van der Waals surface area contributed by atoms with Crippen LogP contribution in [0, 0.1) is 11.7 Å². The van der Waals surface area contributed by atoms with E-state index in [0.29, 0.717) is 23.8 Å². The summed E-state index contributed by atoms with van der Waals surface area (Å²) in [7, 11) is 0. The summed E-state index contributed by atoms with van der Waals surface area (Å²) in [5.74, 6) is -0.168. The Morgan fingerprint density at radius 3 is 2.56 bits per heavy atom. The normalized spacial score (nSPS) is 26.5.